The van der Waals surface area contributed by atoms with Crippen LogP contribution in [0.15, 0.2) is 66.4 Å². The summed E-state index contributed by atoms with van der Waals surface area (Å²) in [6.45, 7) is 7.16. The van der Waals surface area contributed by atoms with Crippen molar-refractivity contribution in [1.82, 2.24) is 0 Å². The monoisotopic (exact) mass is 400 g/mol. The van der Waals surface area contributed by atoms with E-state index >= 15 is 0 Å². The van der Waals surface area contributed by atoms with Gasteiger partial charge in [0.1, 0.15) is 23.9 Å². The summed E-state index contributed by atoms with van der Waals surface area (Å²) in [7, 11) is 0. The lowest BCUT2D eigenvalue weighted by Gasteiger charge is -2.10. The van der Waals surface area contributed by atoms with Gasteiger partial charge in [-0.05, 0) is 67.8 Å². The Morgan fingerprint density at radius 3 is 2.43 bits per heavy atom. The van der Waals surface area contributed by atoms with Gasteiger partial charge in [-0.1, -0.05) is 35.9 Å². The minimum absolute atomic E-state index is 0.125. The summed E-state index contributed by atoms with van der Waals surface area (Å²) in [5, 5.41) is 0. The van der Waals surface area contributed by atoms with Crippen molar-refractivity contribution in [2.75, 3.05) is 6.61 Å². The zero-order chi connectivity index (χ0) is 21.1. The van der Waals surface area contributed by atoms with Gasteiger partial charge in [0.25, 0.3) is 0 Å². The van der Waals surface area contributed by atoms with E-state index in [1.165, 1.54) is 11.1 Å². The molecule has 30 heavy (non-hydrogen) atoms. The first-order chi connectivity index (χ1) is 14.5. The highest BCUT2D eigenvalue weighted by Gasteiger charge is 2.27. The van der Waals surface area contributed by atoms with E-state index < -0.39 is 0 Å². The van der Waals surface area contributed by atoms with Gasteiger partial charge in [-0.3, -0.25) is 4.79 Å². The summed E-state index contributed by atoms with van der Waals surface area (Å²) < 4.78 is 17.2. The van der Waals surface area contributed by atoms with Crippen molar-refractivity contribution in [3.8, 4) is 17.2 Å². The second-order valence-electron chi connectivity index (χ2n) is 7.32. The van der Waals surface area contributed by atoms with Crippen LogP contribution in [0.1, 0.15) is 39.5 Å². The molecular formula is C26H24O4. The molecule has 1 aliphatic heterocycles. The Kier molecular flexibility index (Phi) is 5.57. The van der Waals surface area contributed by atoms with E-state index in [0.717, 1.165) is 16.9 Å². The third-order valence-electron chi connectivity index (χ3n) is 5.03. The van der Waals surface area contributed by atoms with Gasteiger partial charge >= 0.3 is 0 Å². The summed E-state index contributed by atoms with van der Waals surface area (Å²) in [5.41, 5.74) is 4.95. The number of aryl methyl sites for hydroxylation is 2. The molecular weight excluding hydrogens is 376 g/mol. The Labute approximate surface area is 176 Å². The topological polar surface area (TPSA) is 44.8 Å². The Morgan fingerprint density at radius 1 is 0.900 bits per heavy atom. The molecule has 4 heteroatoms. The second-order valence-corrected chi connectivity index (χ2v) is 7.32. The molecule has 3 aromatic carbocycles. The molecule has 0 aromatic heterocycles. The van der Waals surface area contributed by atoms with E-state index in [1.54, 1.807) is 18.2 Å². The Morgan fingerprint density at radius 2 is 1.67 bits per heavy atom. The van der Waals surface area contributed by atoms with Gasteiger partial charge in [0.15, 0.2) is 5.76 Å². The maximum absolute atomic E-state index is 12.7. The van der Waals surface area contributed by atoms with E-state index in [0.29, 0.717) is 36.0 Å². The molecule has 3 aromatic rings. The average molecular weight is 400 g/mol. The minimum Gasteiger partial charge on any atom is -0.494 e. The third-order valence-corrected chi connectivity index (χ3v) is 5.03. The van der Waals surface area contributed by atoms with Crippen LogP contribution in [0.3, 0.4) is 0 Å². The van der Waals surface area contributed by atoms with Gasteiger partial charge in [0.05, 0.1) is 12.2 Å². The molecule has 1 heterocycles. The predicted molar refractivity (Wildman–Crippen MR) is 117 cm³/mol. The number of ketones is 1. The lowest BCUT2D eigenvalue weighted by atomic mass is 10.1. The lowest BCUT2D eigenvalue weighted by molar-refractivity contribution is 0.101. The zero-order valence-electron chi connectivity index (χ0n) is 17.4. The molecule has 0 unspecified atom stereocenters. The van der Waals surface area contributed by atoms with Crippen LogP contribution in [0.2, 0.25) is 0 Å². The Hall–Kier alpha value is -3.53. The largest absolute Gasteiger partial charge is 0.494 e. The Bertz CT molecular complexity index is 1110. The minimum atomic E-state index is -0.125. The first-order valence-electron chi connectivity index (χ1n) is 10.0. The molecule has 152 valence electrons. The van der Waals surface area contributed by atoms with Crippen LogP contribution in [0.4, 0.5) is 0 Å². The summed E-state index contributed by atoms with van der Waals surface area (Å²) in [6.07, 6.45) is 1.74. The fourth-order valence-electron chi connectivity index (χ4n) is 3.35. The van der Waals surface area contributed by atoms with Crippen molar-refractivity contribution >= 4 is 11.9 Å². The van der Waals surface area contributed by atoms with Crippen LogP contribution >= 0.6 is 0 Å². The first-order valence-corrected chi connectivity index (χ1v) is 10.0. The highest BCUT2D eigenvalue weighted by Crippen LogP contribution is 2.35. The van der Waals surface area contributed by atoms with Crippen LogP contribution in [-0.2, 0) is 6.61 Å². The van der Waals surface area contributed by atoms with E-state index in [1.807, 2.05) is 37.3 Å². The molecule has 0 amide bonds. The van der Waals surface area contributed by atoms with E-state index in [-0.39, 0.29) is 5.78 Å². The number of Topliss-reactive ketones (excluding diaryl/α,β-unsaturated/α-hetero) is 1. The summed E-state index contributed by atoms with van der Waals surface area (Å²) >= 11 is 0. The predicted octanol–water partition coefficient (Wildman–Crippen LogP) is 5.90. The van der Waals surface area contributed by atoms with Crippen molar-refractivity contribution in [1.29, 1.82) is 0 Å². The average Bonchev–Trinajstić information content (AvgIpc) is 3.05. The van der Waals surface area contributed by atoms with E-state index in [9.17, 15) is 4.79 Å². The van der Waals surface area contributed by atoms with Gasteiger partial charge in [-0.15, -0.1) is 0 Å². The highest BCUT2D eigenvalue weighted by molar-refractivity contribution is 6.14. The molecule has 0 spiro atoms. The second kappa shape index (κ2) is 8.46. The van der Waals surface area contributed by atoms with Gasteiger partial charge in [-0.25, -0.2) is 0 Å². The van der Waals surface area contributed by atoms with Crippen molar-refractivity contribution < 1.29 is 19.0 Å². The molecule has 4 rings (SSSR count). The van der Waals surface area contributed by atoms with Gasteiger partial charge in [0.2, 0.25) is 5.78 Å². The molecule has 0 radical (unpaired) electrons. The molecule has 0 saturated heterocycles. The molecule has 1 aliphatic rings. The van der Waals surface area contributed by atoms with Crippen LogP contribution in [0.5, 0.6) is 17.2 Å². The number of carbonyl (C=O) groups excluding carboxylic acids is 1. The lowest BCUT2D eigenvalue weighted by Crippen LogP contribution is -1.99. The molecule has 0 atom stereocenters. The molecule has 0 N–H and O–H groups in total. The molecule has 0 bridgehead atoms. The van der Waals surface area contributed by atoms with Crippen molar-refractivity contribution in [3.63, 3.8) is 0 Å². The standard InChI is InChI=1S/C26H24O4/c1-4-28-21-9-7-19(8-10-21)14-25-26(27)23-12-11-22(15-24(23)30-25)29-16-20-13-17(2)5-6-18(20)3/h5-15H,4,16H2,1-3H3/b25-14-. The fourth-order valence-corrected chi connectivity index (χ4v) is 3.35. The molecule has 0 aliphatic carbocycles. The number of fused-ring (bicyclic) bond motifs is 1. The first kappa shape index (κ1) is 19.8. The smallest absolute Gasteiger partial charge is 0.231 e. The van der Waals surface area contributed by atoms with Crippen molar-refractivity contribution in [2.45, 2.75) is 27.4 Å². The zero-order valence-corrected chi connectivity index (χ0v) is 17.4. The number of benzene rings is 3. The SMILES string of the molecule is CCOc1ccc(/C=C2\Oc3cc(OCc4cc(C)ccc4C)ccc3C2=O)cc1. The molecule has 0 saturated carbocycles. The number of allylic oxidation sites excluding steroid dienone is 1. The number of hydrogen-bond acceptors (Lipinski definition) is 4. The number of hydrogen-bond donors (Lipinski definition) is 0. The summed E-state index contributed by atoms with van der Waals surface area (Å²) in [5.74, 6) is 2.17. The van der Waals surface area contributed by atoms with Crippen LogP contribution in [0, 0.1) is 13.8 Å². The van der Waals surface area contributed by atoms with E-state index in [2.05, 4.69) is 32.0 Å². The fraction of sp³-hybridized carbons (Fsp3) is 0.192. The summed E-state index contributed by atoms with van der Waals surface area (Å²) in [4.78, 5) is 12.7. The van der Waals surface area contributed by atoms with Gasteiger partial charge < -0.3 is 14.2 Å². The highest BCUT2D eigenvalue weighted by atomic mass is 16.5. The van der Waals surface area contributed by atoms with Crippen molar-refractivity contribution in [2.24, 2.45) is 0 Å². The van der Waals surface area contributed by atoms with Crippen LogP contribution < -0.4 is 14.2 Å². The number of carbonyl (C=O) groups is 1. The van der Waals surface area contributed by atoms with Crippen LogP contribution in [-0.4, -0.2) is 12.4 Å². The quantitative estimate of drug-likeness (QED) is 0.484. The molecule has 4 nitrogen and oxygen atoms in total. The number of ether oxygens (including phenoxy) is 3. The number of rotatable bonds is 6. The summed E-state index contributed by atoms with van der Waals surface area (Å²) in [6, 6.07) is 19.2. The third kappa shape index (κ3) is 4.23. The normalized spacial score (nSPS) is 13.8. The van der Waals surface area contributed by atoms with Gasteiger partial charge in [0, 0.05) is 6.07 Å². The maximum atomic E-state index is 12.7. The van der Waals surface area contributed by atoms with Gasteiger partial charge in [-0.2, -0.15) is 0 Å². The van der Waals surface area contributed by atoms with Crippen LogP contribution in [0.25, 0.3) is 6.08 Å². The maximum Gasteiger partial charge on any atom is 0.231 e. The van der Waals surface area contributed by atoms with E-state index in [4.69, 9.17) is 14.2 Å². The molecule has 0 fully saturated rings. The van der Waals surface area contributed by atoms with Crippen molar-refractivity contribution in [3.05, 3.63) is 94.2 Å². The Balaban J connectivity index is 1.48.